The van der Waals surface area contributed by atoms with Crippen molar-refractivity contribution in [3.05, 3.63) is 64.9 Å². The van der Waals surface area contributed by atoms with Gasteiger partial charge in [0.1, 0.15) is 5.82 Å². The zero-order valence-corrected chi connectivity index (χ0v) is 13.8. The number of halogens is 2. The summed E-state index contributed by atoms with van der Waals surface area (Å²) in [4.78, 5) is 14.2. The van der Waals surface area contributed by atoms with E-state index in [1.54, 1.807) is 0 Å². The van der Waals surface area contributed by atoms with Crippen LogP contribution in [-0.4, -0.2) is 31.6 Å². The Kier molecular flexibility index (Phi) is 5.96. The fraction of sp³-hybridized carbons (Fsp3) is 0.235. The van der Waals surface area contributed by atoms with E-state index in [9.17, 15) is 9.18 Å². The zero-order valence-electron chi connectivity index (χ0n) is 13.0. The highest BCUT2D eigenvalue weighted by atomic mass is 35.5. The summed E-state index contributed by atoms with van der Waals surface area (Å²) in [7, 11) is 3.88. The maximum atomic E-state index is 13.1. The monoisotopic (exact) mass is 335 g/mol. The molecule has 0 fully saturated rings. The van der Waals surface area contributed by atoms with E-state index in [-0.39, 0.29) is 17.1 Å². The van der Waals surface area contributed by atoms with Crippen LogP contribution in [0.5, 0.6) is 0 Å². The summed E-state index contributed by atoms with van der Waals surface area (Å²) in [5.41, 5.74) is 1.44. The average Bonchev–Trinajstić information content (AvgIpc) is 2.51. The fourth-order valence-electron chi connectivity index (χ4n) is 2.18. The second-order valence-corrected chi connectivity index (χ2v) is 5.86. The minimum Gasteiger partial charge on any atom is -0.330 e. The molecular formula is C17H19ClFN3O. The lowest BCUT2D eigenvalue weighted by Gasteiger charge is -2.23. The Morgan fingerprint density at radius 1 is 1.22 bits per heavy atom. The Labute approximate surface area is 140 Å². The summed E-state index contributed by atoms with van der Waals surface area (Å²) in [6.45, 7) is 0.654. The number of carbonyl (C=O) groups excluding carboxylic acids is 1. The summed E-state index contributed by atoms with van der Waals surface area (Å²) < 4.78 is 13.1. The lowest BCUT2D eigenvalue weighted by molar-refractivity contribution is 0.244. The van der Waals surface area contributed by atoms with Gasteiger partial charge in [0.25, 0.3) is 0 Å². The Morgan fingerprint density at radius 2 is 1.91 bits per heavy atom. The molecule has 0 spiro atoms. The molecule has 2 rings (SSSR count). The highest BCUT2D eigenvalue weighted by Gasteiger charge is 2.15. The summed E-state index contributed by atoms with van der Waals surface area (Å²) in [5.74, 6) is -0.521. The van der Waals surface area contributed by atoms with Crippen molar-refractivity contribution in [2.45, 2.75) is 6.04 Å². The third-order valence-electron chi connectivity index (χ3n) is 3.23. The zero-order chi connectivity index (χ0) is 16.8. The lowest BCUT2D eigenvalue weighted by atomic mass is 10.1. The van der Waals surface area contributed by atoms with Gasteiger partial charge in [0.15, 0.2) is 0 Å². The van der Waals surface area contributed by atoms with E-state index in [1.807, 2.05) is 49.3 Å². The molecule has 0 bridgehead atoms. The van der Waals surface area contributed by atoms with Crippen molar-refractivity contribution in [2.24, 2.45) is 0 Å². The van der Waals surface area contributed by atoms with Gasteiger partial charge >= 0.3 is 6.03 Å². The molecule has 2 amide bonds. The van der Waals surface area contributed by atoms with Gasteiger partial charge in [-0.3, -0.25) is 0 Å². The molecule has 0 aromatic heterocycles. The van der Waals surface area contributed by atoms with Crippen molar-refractivity contribution >= 4 is 23.3 Å². The summed E-state index contributed by atoms with van der Waals surface area (Å²) in [6, 6.07) is 13.2. The highest BCUT2D eigenvalue weighted by Crippen LogP contribution is 2.20. The number of nitrogens with one attached hydrogen (secondary N) is 2. The summed E-state index contributed by atoms with van der Waals surface area (Å²) in [5, 5.41) is 5.55. The van der Waals surface area contributed by atoms with Crippen LogP contribution in [0.25, 0.3) is 0 Å². The van der Waals surface area contributed by atoms with Gasteiger partial charge < -0.3 is 15.5 Å². The molecule has 4 nitrogen and oxygen atoms in total. The molecule has 0 heterocycles. The largest absolute Gasteiger partial charge is 0.330 e. The van der Waals surface area contributed by atoms with Gasteiger partial charge in [0.2, 0.25) is 0 Å². The number of amides is 2. The minimum absolute atomic E-state index is 0.0318. The first-order valence-corrected chi connectivity index (χ1v) is 7.56. The van der Waals surface area contributed by atoms with Crippen LogP contribution in [0, 0.1) is 5.82 Å². The Bertz CT molecular complexity index is 664. The number of likely N-dealkylation sites (N-methyl/N-ethyl adjacent to an activating group) is 1. The number of rotatable bonds is 5. The Morgan fingerprint density at radius 3 is 2.52 bits per heavy atom. The Hall–Kier alpha value is -2.11. The van der Waals surface area contributed by atoms with Gasteiger partial charge in [-0.1, -0.05) is 41.9 Å². The minimum atomic E-state index is -0.521. The summed E-state index contributed by atoms with van der Waals surface area (Å²) >= 11 is 5.71. The number of urea groups is 1. The van der Waals surface area contributed by atoms with Gasteiger partial charge in [-0.25, -0.2) is 9.18 Å². The van der Waals surface area contributed by atoms with Crippen LogP contribution in [-0.2, 0) is 0 Å². The van der Waals surface area contributed by atoms with Crippen molar-refractivity contribution in [2.75, 3.05) is 26.0 Å². The van der Waals surface area contributed by atoms with Gasteiger partial charge in [-0.15, -0.1) is 0 Å². The predicted molar refractivity (Wildman–Crippen MR) is 91.3 cm³/mol. The van der Waals surface area contributed by atoms with Crippen LogP contribution in [0.4, 0.5) is 14.9 Å². The molecule has 0 saturated heterocycles. The van der Waals surface area contributed by atoms with E-state index in [0.29, 0.717) is 12.2 Å². The predicted octanol–water partition coefficient (Wildman–Crippen LogP) is 3.90. The molecule has 0 saturated carbocycles. The molecule has 0 aliphatic carbocycles. The highest BCUT2D eigenvalue weighted by molar-refractivity contribution is 6.31. The van der Waals surface area contributed by atoms with Gasteiger partial charge in [0.05, 0.1) is 11.1 Å². The molecule has 1 unspecified atom stereocenters. The first kappa shape index (κ1) is 17.2. The van der Waals surface area contributed by atoms with Crippen molar-refractivity contribution in [3.63, 3.8) is 0 Å². The molecule has 6 heteroatoms. The summed E-state index contributed by atoms with van der Waals surface area (Å²) in [6.07, 6.45) is 0. The Balaban J connectivity index is 2.06. The van der Waals surface area contributed by atoms with Crippen LogP contribution < -0.4 is 10.6 Å². The maximum absolute atomic E-state index is 13.1. The van der Waals surface area contributed by atoms with Crippen molar-refractivity contribution in [1.29, 1.82) is 0 Å². The van der Waals surface area contributed by atoms with E-state index in [4.69, 9.17) is 11.6 Å². The van der Waals surface area contributed by atoms with E-state index in [1.165, 1.54) is 18.2 Å². The lowest BCUT2D eigenvalue weighted by Crippen LogP contribution is -2.37. The number of hydrogen-bond acceptors (Lipinski definition) is 2. The number of hydrogen-bond donors (Lipinski definition) is 2. The number of nitrogens with zero attached hydrogens (tertiary/aromatic N) is 1. The van der Waals surface area contributed by atoms with Gasteiger partial charge in [-0.2, -0.15) is 0 Å². The molecule has 2 N–H and O–H groups in total. The fourth-order valence-corrected chi connectivity index (χ4v) is 2.36. The average molecular weight is 336 g/mol. The van der Waals surface area contributed by atoms with Crippen LogP contribution in [0.2, 0.25) is 5.02 Å². The van der Waals surface area contributed by atoms with Gasteiger partial charge in [0, 0.05) is 12.2 Å². The van der Waals surface area contributed by atoms with E-state index >= 15 is 0 Å². The van der Waals surface area contributed by atoms with E-state index in [0.717, 1.165) is 5.56 Å². The van der Waals surface area contributed by atoms with E-state index in [2.05, 4.69) is 10.6 Å². The molecule has 2 aromatic rings. The molecule has 2 aromatic carbocycles. The molecule has 23 heavy (non-hydrogen) atoms. The van der Waals surface area contributed by atoms with Crippen LogP contribution in [0.3, 0.4) is 0 Å². The second-order valence-electron chi connectivity index (χ2n) is 5.45. The van der Waals surface area contributed by atoms with Crippen LogP contribution in [0.15, 0.2) is 48.5 Å². The smallest absolute Gasteiger partial charge is 0.319 e. The topological polar surface area (TPSA) is 44.4 Å². The SMILES string of the molecule is CN(C)CC(NC(=O)Nc1ccc(F)c(Cl)c1)c1ccccc1. The molecule has 122 valence electrons. The van der Waals surface area contributed by atoms with Crippen molar-refractivity contribution in [1.82, 2.24) is 10.2 Å². The molecule has 0 radical (unpaired) electrons. The van der Waals surface area contributed by atoms with Gasteiger partial charge in [-0.05, 0) is 37.9 Å². The maximum Gasteiger partial charge on any atom is 0.319 e. The standard InChI is InChI=1S/C17H19ClFN3O/c1-22(2)11-16(12-6-4-3-5-7-12)21-17(23)20-13-8-9-15(19)14(18)10-13/h3-10,16H,11H2,1-2H3,(H2,20,21,23). The van der Waals surface area contributed by atoms with Crippen molar-refractivity contribution < 1.29 is 9.18 Å². The molecule has 0 aliphatic rings. The number of carbonyl (C=O) groups is 1. The third kappa shape index (κ3) is 5.23. The van der Waals surface area contributed by atoms with Crippen LogP contribution in [0.1, 0.15) is 11.6 Å². The van der Waals surface area contributed by atoms with Crippen LogP contribution >= 0.6 is 11.6 Å². The normalized spacial score (nSPS) is 12.0. The first-order chi connectivity index (χ1) is 11.0. The van der Waals surface area contributed by atoms with E-state index < -0.39 is 5.82 Å². The molecule has 1 atom stereocenters. The molecular weight excluding hydrogens is 317 g/mol. The number of anilines is 1. The quantitative estimate of drug-likeness (QED) is 0.870. The first-order valence-electron chi connectivity index (χ1n) is 7.18. The van der Waals surface area contributed by atoms with Crippen molar-refractivity contribution in [3.8, 4) is 0 Å². The second kappa shape index (κ2) is 7.94. The number of benzene rings is 2. The molecule has 0 aliphatic heterocycles. The third-order valence-corrected chi connectivity index (χ3v) is 3.52.